The molecule has 0 aliphatic heterocycles. The monoisotopic (exact) mass is 373 g/mol. The fraction of sp³-hybridized carbons (Fsp3) is 0.154. The van der Waals surface area contributed by atoms with Crippen molar-refractivity contribution in [3.05, 3.63) is 52.4 Å². The highest BCUT2D eigenvalue weighted by molar-refractivity contribution is 9.10. The molecule has 2 aromatic rings. The first-order chi connectivity index (χ1) is 9.94. The predicted molar refractivity (Wildman–Crippen MR) is 81.9 cm³/mol. The molecule has 0 aliphatic carbocycles. The molecule has 1 aromatic heterocycles. The van der Waals surface area contributed by atoms with E-state index in [2.05, 4.69) is 31.0 Å². The van der Waals surface area contributed by atoms with Gasteiger partial charge in [0.2, 0.25) is 0 Å². The van der Waals surface area contributed by atoms with Crippen molar-refractivity contribution < 1.29 is 12.8 Å². The van der Waals surface area contributed by atoms with Crippen molar-refractivity contribution in [2.24, 2.45) is 0 Å². The lowest BCUT2D eigenvalue weighted by Crippen LogP contribution is -2.15. The maximum absolute atomic E-state index is 13.6. The van der Waals surface area contributed by atoms with E-state index in [0.29, 0.717) is 4.47 Å². The number of nitrogens with one attached hydrogen (secondary N) is 2. The second kappa shape index (κ2) is 6.50. The van der Waals surface area contributed by atoms with Crippen LogP contribution in [0.25, 0.3) is 0 Å². The Morgan fingerprint density at radius 3 is 2.76 bits per heavy atom. The van der Waals surface area contributed by atoms with Crippen LogP contribution in [0.2, 0.25) is 0 Å². The van der Waals surface area contributed by atoms with E-state index in [0.717, 1.165) is 6.07 Å². The number of hydrogen-bond acceptors (Lipinski definition) is 4. The van der Waals surface area contributed by atoms with Gasteiger partial charge in [-0.1, -0.05) is 0 Å². The summed E-state index contributed by atoms with van der Waals surface area (Å²) in [5.74, 6) is -0.278. The molecule has 21 heavy (non-hydrogen) atoms. The number of rotatable bonds is 5. The highest BCUT2D eigenvalue weighted by Crippen LogP contribution is 2.23. The number of sulfonamides is 1. The summed E-state index contributed by atoms with van der Waals surface area (Å²) in [5, 5.41) is 2.79. The fourth-order valence-corrected chi connectivity index (χ4v) is 3.26. The lowest BCUT2D eigenvalue weighted by molar-refractivity contribution is 0.591. The first kappa shape index (κ1) is 15.9. The van der Waals surface area contributed by atoms with Gasteiger partial charge in [-0.25, -0.2) is 17.8 Å². The van der Waals surface area contributed by atoms with Gasteiger partial charge in [-0.2, -0.15) is 0 Å². The van der Waals surface area contributed by atoms with Crippen molar-refractivity contribution in [1.29, 1.82) is 0 Å². The summed E-state index contributed by atoms with van der Waals surface area (Å²) in [4.78, 5) is 3.92. The number of nitrogens with zero attached hydrogens (tertiary/aromatic N) is 1. The van der Waals surface area contributed by atoms with E-state index in [-0.39, 0.29) is 22.8 Å². The third-order valence-corrected chi connectivity index (χ3v) is 4.66. The SMILES string of the molecule is CNCc1cc(S(=O)(=O)Nc2ncccc2Br)ccc1F. The molecule has 0 bridgehead atoms. The van der Waals surface area contributed by atoms with E-state index in [4.69, 9.17) is 0 Å². The Labute approximate surface area is 130 Å². The van der Waals surface area contributed by atoms with Gasteiger partial charge in [0.15, 0.2) is 5.82 Å². The minimum atomic E-state index is -3.83. The zero-order valence-electron chi connectivity index (χ0n) is 11.1. The van der Waals surface area contributed by atoms with Crippen LogP contribution >= 0.6 is 15.9 Å². The summed E-state index contributed by atoms with van der Waals surface area (Å²) in [5.41, 5.74) is 0.278. The molecule has 0 amide bonds. The summed E-state index contributed by atoms with van der Waals surface area (Å²) in [6.45, 7) is 0.239. The average Bonchev–Trinajstić information content (AvgIpc) is 2.44. The second-order valence-corrected chi connectivity index (χ2v) is 6.76. The molecule has 0 aliphatic rings. The lowest BCUT2D eigenvalue weighted by atomic mass is 10.2. The molecule has 112 valence electrons. The van der Waals surface area contributed by atoms with Crippen LogP contribution < -0.4 is 10.0 Å². The van der Waals surface area contributed by atoms with Crippen LogP contribution in [0.5, 0.6) is 0 Å². The van der Waals surface area contributed by atoms with Gasteiger partial charge >= 0.3 is 0 Å². The molecule has 8 heteroatoms. The number of anilines is 1. The Bertz CT molecular complexity index is 753. The Kier molecular flexibility index (Phi) is 4.92. The van der Waals surface area contributed by atoms with Gasteiger partial charge in [-0.05, 0) is 53.3 Å². The molecule has 2 rings (SSSR count). The molecule has 0 radical (unpaired) electrons. The zero-order chi connectivity index (χ0) is 15.5. The maximum Gasteiger partial charge on any atom is 0.263 e. The topological polar surface area (TPSA) is 71.1 Å². The molecule has 5 nitrogen and oxygen atoms in total. The van der Waals surface area contributed by atoms with Gasteiger partial charge < -0.3 is 5.32 Å². The van der Waals surface area contributed by atoms with Crippen molar-refractivity contribution >= 4 is 31.8 Å². The first-order valence-corrected chi connectivity index (χ1v) is 8.28. The Balaban J connectivity index is 2.36. The van der Waals surface area contributed by atoms with Crippen molar-refractivity contribution in [2.45, 2.75) is 11.4 Å². The molecule has 2 N–H and O–H groups in total. The average molecular weight is 374 g/mol. The predicted octanol–water partition coefficient (Wildman–Crippen LogP) is 2.50. The van der Waals surface area contributed by atoms with Crippen LogP contribution in [0.4, 0.5) is 10.2 Å². The van der Waals surface area contributed by atoms with Crippen LogP contribution in [0.15, 0.2) is 45.9 Å². The molecule has 1 aromatic carbocycles. The Morgan fingerprint density at radius 1 is 1.33 bits per heavy atom. The maximum atomic E-state index is 13.6. The van der Waals surface area contributed by atoms with Crippen molar-refractivity contribution in [2.75, 3.05) is 11.8 Å². The van der Waals surface area contributed by atoms with E-state index in [1.165, 1.54) is 18.3 Å². The largest absolute Gasteiger partial charge is 0.316 e. The summed E-state index contributed by atoms with van der Waals surface area (Å²) in [6, 6.07) is 6.99. The van der Waals surface area contributed by atoms with E-state index in [9.17, 15) is 12.8 Å². The molecular weight excluding hydrogens is 361 g/mol. The third kappa shape index (κ3) is 3.78. The quantitative estimate of drug-likeness (QED) is 0.844. The number of benzene rings is 1. The minimum Gasteiger partial charge on any atom is -0.316 e. The summed E-state index contributed by atoms with van der Waals surface area (Å²) in [7, 11) is -2.17. The zero-order valence-corrected chi connectivity index (χ0v) is 13.5. The van der Waals surface area contributed by atoms with E-state index in [1.807, 2.05) is 0 Å². The number of aromatic nitrogens is 1. The van der Waals surface area contributed by atoms with Crippen LogP contribution in [0.3, 0.4) is 0 Å². The van der Waals surface area contributed by atoms with Crippen molar-refractivity contribution in [1.82, 2.24) is 10.3 Å². The van der Waals surface area contributed by atoms with Gasteiger partial charge in [0.1, 0.15) is 5.82 Å². The van der Waals surface area contributed by atoms with Gasteiger partial charge in [0.25, 0.3) is 10.0 Å². The van der Waals surface area contributed by atoms with Gasteiger partial charge in [-0.3, -0.25) is 4.72 Å². The molecule has 0 atom stereocenters. The van der Waals surface area contributed by atoms with Gasteiger partial charge in [-0.15, -0.1) is 0 Å². The molecule has 0 unspecified atom stereocenters. The normalized spacial score (nSPS) is 11.4. The highest BCUT2D eigenvalue weighted by Gasteiger charge is 2.18. The van der Waals surface area contributed by atoms with E-state index < -0.39 is 15.8 Å². The van der Waals surface area contributed by atoms with Crippen molar-refractivity contribution in [3.8, 4) is 0 Å². The first-order valence-electron chi connectivity index (χ1n) is 6.00. The number of halogens is 2. The molecule has 0 saturated heterocycles. The standard InChI is InChI=1S/C13H13BrFN3O2S/c1-16-8-9-7-10(4-5-12(9)15)21(19,20)18-13-11(14)3-2-6-17-13/h2-7,16H,8H2,1H3,(H,17,18). The molecule has 0 fully saturated rings. The molecule has 0 saturated carbocycles. The van der Waals surface area contributed by atoms with Crippen LogP contribution in [-0.4, -0.2) is 20.4 Å². The molecular formula is C13H13BrFN3O2S. The summed E-state index contributed by atoms with van der Waals surface area (Å²) >= 11 is 3.21. The smallest absolute Gasteiger partial charge is 0.263 e. The number of pyridine rings is 1. The third-order valence-electron chi connectivity index (χ3n) is 2.68. The fourth-order valence-electron chi connectivity index (χ4n) is 1.69. The summed E-state index contributed by atoms with van der Waals surface area (Å²) in [6.07, 6.45) is 1.47. The Morgan fingerprint density at radius 2 is 2.10 bits per heavy atom. The highest BCUT2D eigenvalue weighted by atomic mass is 79.9. The Hall–Kier alpha value is -1.51. The van der Waals surface area contributed by atoms with Crippen LogP contribution in [0.1, 0.15) is 5.56 Å². The van der Waals surface area contributed by atoms with E-state index >= 15 is 0 Å². The van der Waals surface area contributed by atoms with Gasteiger partial charge in [0, 0.05) is 18.3 Å². The second-order valence-electron chi connectivity index (χ2n) is 4.22. The van der Waals surface area contributed by atoms with Gasteiger partial charge in [0.05, 0.1) is 9.37 Å². The van der Waals surface area contributed by atoms with Crippen LogP contribution in [-0.2, 0) is 16.6 Å². The molecule has 1 heterocycles. The lowest BCUT2D eigenvalue weighted by Gasteiger charge is -2.10. The van der Waals surface area contributed by atoms with Crippen molar-refractivity contribution in [3.63, 3.8) is 0 Å². The van der Waals surface area contributed by atoms with Crippen LogP contribution in [0, 0.1) is 5.82 Å². The number of hydrogen-bond donors (Lipinski definition) is 2. The molecule has 0 spiro atoms. The van der Waals surface area contributed by atoms with E-state index in [1.54, 1.807) is 19.2 Å². The summed E-state index contributed by atoms with van der Waals surface area (Å²) < 4.78 is 41.1. The minimum absolute atomic E-state index is 0.0216.